The van der Waals surface area contributed by atoms with E-state index < -0.39 is 0 Å². The van der Waals surface area contributed by atoms with Gasteiger partial charge in [0, 0.05) is 18.0 Å². The number of rotatable bonds is 1. The Labute approximate surface area is 92.8 Å². The van der Waals surface area contributed by atoms with Crippen molar-refractivity contribution in [2.45, 2.75) is 18.4 Å². The topological polar surface area (TPSA) is 43.8 Å². The fourth-order valence-electron chi connectivity index (χ4n) is 2.08. The van der Waals surface area contributed by atoms with E-state index >= 15 is 0 Å². The molecule has 0 saturated heterocycles. The summed E-state index contributed by atoms with van der Waals surface area (Å²) in [6, 6.07) is 6.09. The summed E-state index contributed by atoms with van der Waals surface area (Å²) in [5.41, 5.74) is 8.24. The van der Waals surface area contributed by atoms with Gasteiger partial charge < -0.3 is 5.73 Å². The molecule has 0 radical (unpaired) electrons. The van der Waals surface area contributed by atoms with Gasteiger partial charge in [-0.3, -0.25) is 4.68 Å². The van der Waals surface area contributed by atoms with Gasteiger partial charge in [-0.2, -0.15) is 5.10 Å². The van der Waals surface area contributed by atoms with Crippen LogP contribution in [0, 0.1) is 0 Å². The van der Waals surface area contributed by atoms with Crippen molar-refractivity contribution in [2.75, 3.05) is 0 Å². The molecule has 15 heavy (non-hydrogen) atoms. The largest absolute Gasteiger partial charge is 0.321 e. The van der Waals surface area contributed by atoms with Crippen molar-refractivity contribution in [3.05, 3.63) is 28.9 Å². The number of benzene rings is 1. The molecule has 78 valence electrons. The van der Waals surface area contributed by atoms with Crippen LogP contribution in [0.25, 0.3) is 10.9 Å². The molecule has 2 N–H and O–H groups in total. The van der Waals surface area contributed by atoms with Crippen LogP contribution in [-0.4, -0.2) is 9.78 Å². The van der Waals surface area contributed by atoms with E-state index in [1.165, 1.54) is 0 Å². The molecule has 0 atom stereocenters. The molecular weight excluding hydrogens is 210 g/mol. The summed E-state index contributed by atoms with van der Waals surface area (Å²) < 4.78 is 1.80. The van der Waals surface area contributed by atoms with Crippen molar-refractivity contribution in [1.82, 2.24) is 9.78 Å². The number of halogens is 1. The zero-order valence-electron chi connectivity index (χ0n) is 8.50. The van der Waals surface area contributed by atoms with Gasteiger partial charge in [-0.15, -0.1) is 0 Å². The molecule has 3 rings (SSSR count). The maximum atomic E-state index is 6.22. The lowest BCUT2D eigenvalue weighted by molar-refractivity contribution is 0.748. The lowest BCUT2D eigenvalue weighted by atomic mass is 10.0. The molecule has 4 heteroatoms. The van der Waals surface area contributed by atoms with Gasteiger partial charge in [0.05, 0.1) is 5.52 Å². The summed E-state index contributed by atoms with van der Waals surface area (Å²) in [6.45, 7) is 0. The van der Waals surface area contributed by atoms with Crippen LogP contribution in [-0.2, 0) is 12.6 Å². The number of hydrogen-bond acceptors (Lipinski definition) is 2. The molecule has 2 aromatic rings. The van der Waals surface area contributed by atoms with Gasteiger partial charge in [0.1, 0.15) is 0 Å². The molecule has 3 nitrogen and oxygen atoms in total. The molecule has 1 fully saturated rings. The minimum atomic E-state index is -0.161. The monoisotopic (exact) mass is 221 g/mol. The number of fused-ring (bicyclic) bond motifs is 1. The molecule has 0 amide bonds. The van der Waals surface area contributed by atoms with Crippen molar-refractivity contribution in [2.24, 2.45) is 12.8 Å². The highest BCUT2D eigenvalue weighted by atomic mass is 35.5. The smallest absolute Gasteiger partial charge is 0.159 e. The quantitative estimate of drug-likeness (QED) is 0.802. The van der Waals surface area contributed by atoms with Crippen LogP contribution >= 0.6 is 11.6 Å². The molecule has 1 saturated carbocycles. The molecule has 0 bridgehead atoms. The first kappa shape index (κ1) is 9.19. The van der Waals surface area contributed by atoms with Crippen molar-refractivity contribution in [1.29, 1.82) is 0 Å². The predicted octanol–water partition coefficient (Wildman–Crippen LogP) is 2.17. The second-order valence-electron chi connectivity index (χ2n) is 4.27. The van der Waals surface area contributed by atoms with E-state index in [0.29, 0.717) is 5.15 Å². The summed E-state index contributed by atoms with van der Waals surface area (Å²) in [5, 5.41) is 5.79. The highest BCUT2D eigenvalue weighted by Gasteiger charge is 2.41. The Balaban J connectivity index is 2.39. The first-order valence-corrected chi connectivity index (χ1v) is 5.40. The lowest BCUT2D eigenvalue weighted by Crippen LogP contribution is -2.18. The zero-order chi connectivity index (χ0) is 10.6. The average molecular weight is 222 g/mol. The summed E-state index contributed by atoms with van der Waals surface area (Å²) >= 11 is 6.13. The second-order valence-corrected chi connectivity index (χ2v) is 4.63. The summed E-state index contributed by atoms with van der Waals surface area (Å²) in [7, 11) is 1.90. The number of hydrogen-bond donors (Lipinski definition) is 1. The van der Waals surface area contributed by atoms with E-state index in [1.54, 1.807) is 4.68 Å². The number of nitrogens with two attached hydrogens (primary N) is 1. The number of aryl methyl sites for hydroxylation is 1. The third kappa shape index (κ3) is 1.20. The van der Waals surface area contributed by atoms with E-state index in [0.717, 1.165) is 29.3 Å². The molecule has 0 spiro atoms. The number of nitrogens with zero attached hydrogens (tertiary/aromatic N) is 2. The van der Waals surface area contributed by atoms with E-state index in [-0.39, 0.29) is 5.54 Å². The zero-order valence-corrected chi connectivity index (χ0v) is 9.25. The maximum Gasteiger partial charge on any atom is 0.159 e. The van der Waals surface area contributed by atoms with Crippen molar-refractivity contribution >= 4 is 22.5 Å². The highest BCUT2D eigenvalue weighted by molar-refractivity contribution is 6.34. The first-order valence-electron chi connectivity index (χ1n) is 5.02. The first-order chi connectivity index (χ1) is 7.12. The van der Waals surface area contributed by atoms with Crippen LogP contribution in [0.2, 0.25) is 5.15 Å². The summed E-state index contributed by atoms with van der Waals surface area (Å²) in [4.78, 5) is 0. The Morgan fingerprint density at radius 1 is 1.47 bits per heavy atom. The van der Waals surface area contributed by atoms with Gasteiger partial charge in [-0.25, -0.2) is 0 Å². The standard InChI is InChI=1S/C11H12ClN3/c1-15-8-4-2-3-7(11(13)5-6-11)9(8)10(12)14-15/h2-4H,5-6,13H2,1H3. The van der Waals surface area contributed by atoms with Crippen molar-refractivity contribution in [3.8, 4) is 0 Å². The molecule has 0 aliphatic heterocycles. The van der Waals surface area contributed by atoms with E-state index in [2.05, 4.69) is 11.2 Å². The Hall–Kier alpha value is -1.06. The Bertz CT molecular complexity index is 540. The minimum Gasteiger partial charge on any atom is -0.321 e. The van der Waals surface area contributed by atoms with Crippen LogP contribution in [0.4, 0.5) is 0 Å². The summed E-state index contributed by atoms with van der Waals surface area (Å²) in [5.74, 6) is 0. The fraction of sp³-hybridized carbons (Fsp3) is 0.364. The van der Waals surface area contributed by atoms with Crippen molar-refractivity contribution < 1.29 is 0 Å². The van der Waals surface area contributed by atoms with Crippen LogP contribution in [0.1, 0.15) is 18.4 Å². The van der Waals surface area contributed by atoms with E-state index in [4.69, 9.17) is 17.3 Å². The average Bonchev–Trinajstić information content (AvgIpc) is 2.89. The molecular formula is C11H12ClN3. The Morgan fingerprint density at radius 2 is 2.20 bits per heavy atom. The van der Waals surface area contributed by atoms with E-state index in [9.17, 15) is 0 Å². The van der Waals surface area contributed by atoms with Gasteiger partial charge >= 0.3 is 0 Å². The SMILES string of the molecule is Cn1nc(Cl)c2c(C3(N)CC3)cccc21. The van der Waals surface area contributed by atoms with Crippen molar-refractivity contribution in [3.63, 3.8) is 0 Å². The highest BCUT2D eigenvalue weighted by Crippen LogP contribution is 2.46. The maximum absolute atomic E-state index is 6.22. The Kier molecular flexibility index (Phi) is 1.68. The van der Waals surface area contributed by atoms with E-state index in [1.807, 2.05) is 19.2 Å². The predicted molar refractivity (Wildman–Crippen MR) is 60.8 cm³/mol. The van der Waals surface area contributed by atoms with Gasteiger partial charge in [0.2, 0.25) is 0 Å². The van der Waals surface area contributed by atoms with Crippen LogP contribution in [0.5, 0.6) is 0 Å². The summed E-state index contributed by atoms with van der Waals surface area (Å²) in [6.07, 6.45) is 2.08. The number of aromatic nitrogens is 2. The van der Waals surface area contributed by atoms with Gasteiger partial charge in [0.15, 0.2) is 5.15 Å². The molecule has 0 unspecified atom stereocenters. The third-order valence-electron chi connectivity index (χ3n) is 3.16. The van der Waals surface area contributed by atoms with Crippen LogP contribution in [0.15, 0.2) is 18.2 Å². The minimum absolute atomic E-state index is 0.161. The molecule has 1 aliphatic rings. The lowest BCUT2D eigenvalue weighted by Gasteiger charge is -2.10. The van der Waals surface area contributed by atoms with Gasteiger partial charge in [-0.1, -0.05) is 23.7 Å². The molecule has 1 heterocycles. The fourth-order valence-corrected chi connectivity index (χ4v) is 2.39. The second kappa shape index (κ2) is 2.74. The van der Waals surface area contributed by atoms with Gasteiger partial charge in [0.25, 0.3) is 0 Å². The van der Waals surface area contributed by atoms with Crippen LogP contribution in [0.3, 0.4) is 0 Å². The molecule has 1 aliphatic carbocycles. The van der Waals surface area contributed by atoms with Gasteiger partial charge in [-0.05, 0) is 24.5 Å². The molecule has 1 aromatic carbocycles. The van der Waals surface area contributed by atoms with Crippen LogP contribution < -0.4 is 5.73 Å². The third-order valence-corrected chi connectivity index (χ3v) is 3.42. The normalized spacial score (nSPS) is 18.3. The molecule has 1 aromatic heterocycles. The Morgan fingerprint density at radius 3 is 2.87 bits per heavy atom.